The Morgan fingerprint density at radius 2 is 1.98 bits per heavy atom. The Kier molecular flexibility index (Phi) is 7.54. The zero-order valence-electron chi connectivity index (χ0n) is 25.2. The van der Waals surface area contributed by atoms with E-state index in [2.05, 4.69) is 56.8 Å². The number of carbonyl (C=O) groups excluding carboxylic acids is 1. The van der Waals surface area contributed by atoms with Crippen LogP contribution in [0, 0.1) is 11.8 Å². The number of thiophene rings is 1. The number of nitrogens with one attached hydrogen (secondary N) is 1. The maximum Gasteiger partial charge on any atom is 0.328 e. The van der Waals surface area contributed by atoms with Crippen LogP contribution in [0.2, 0.25) is 0 Å². The molecule has 2 N–H and O–H groups in total. The molecule has 7 rings (SSSR count). The Hall–Kier alpha value is -3.23. The van der Waals surface area contributed by atoms with Gasteiger partial charge >= 0.3 is 5.97 Å². The van der Waals surface area contributed by atoms with Gasteiger partial charge in [-0.15, -0.1) is 0 Å². The fourth-order valence-corrected chi connectivity index (χ4v) is 9.13. The van der Waals surface area contributed by atoms with Crippen LogP contribution < -0.4 is 5.32 Å². The zero-order valence-corrected chi connectivity index (χ0v) is 26.0. The van der Waals surface area contributed by atoms with E-state index in [0.717, 1.165) is 60.5 Å². The number of likely N-dealkylation sites (tertiary alicyclic amines) is 1. The molecule has 0 bridgehead atoms. The predicted octanol–water partition coefficient (Wildman–Crippen LogP) is 6.45. The van der Waals surface area contributed by atoms with Crippen molar-refractivity contribution in [1.82, 2.24) is 19.8 Å². The topological polar surface area (TPSA) is 87.5 Å². The standard InChI is InChI=1S/C35H42N4O3S/c1-22-27-20-24(11-13-29(27)39(26-7-4-3-5-8-26)32(22)25-15-18-43-21-25)33(42)37-35(16-6-17-35)34-36-28-12-9-23(10-14-31(40)41)19-30(28)38(34)2/h10-11,13-15,18-22,26-27,29,32H,3-9,12,16-17H2,1-2H3,(H,37,42)(H,40,41)/b14-10+. The Morgan fingerprint density at radius 3 is 2.67 bits per heavy atom. The van der Waals surface area contributed by atoms with E-state index in [-0.39, 0.29) is 5.91 Å². The number of allylic oxidation sites excluding steroid dienone is 2. The van der Waals surface area contributed by atoms with E-state index in [1.165, 1.54) is 43.7 Å². The molecule has 8 heteroatoms. The Morgan fingerprint density at radius 1 is 1.16 bits per heavy atom. The molecule has 3 fully saturated rings. The minimum atomic E-state index is -0.943. The molecule has 2 aromatic rings. The average molecular weight is 599 g/mol. The second-order valence-corrected chi connectivity index (χ2v) is 14.0. The molecule has 1 aliphatic heterocycles. The molecule has 1 amide bonds. The summed E-state index contributed by atoms with van der Waals surface area (Å²) in [6.07, 6.45) is 22.4. The van der Waals surface area contributed by atoms with Gasteiger partial charge < -0.3 is 15.0 Å². The van der Waals surface area contributed by atoms with Gasteiger partial charge in [-0.1, -0.05) is 50.5 Å². The van der Waals surface area contributed by atoms with E-state index >= 15 is 0 Å². The third-order valence-corrected chi connectivity index (χ3v) is 11.5. The van der Waals surface area contributed by atoms with Gasteiger partial charge in [-0.25, -0.2) is 9.78 Å². The summed E-state index contributed by atoms with van der Waals surface area (Å²) in [7, 11) is 2.02. The summed E-state index contributed by atoms with van der Waals surface area (Å²) >= 11 is 1.78. The number of hydrogen-bond donors (Lipinski definition) is 2. The average Bonchev–Trinajstić information content (AvgIpc) is 3.71. The molecule has 0 aromatic carbocycles. The van der Waals surface area contributed by atoms with Gasteiger partial charge in [0.15, 0.2) is 0 Å². The highest BCUT2D eigenvalue weighted by molar-refractivity contribution is 7.08. The molecule has 4 aliphatic carbocycles. The van der Waals surface area contributed by atoms with Gasteiger partial charge in [-0.05, 0) is 84.9 Å². The van der Waals surface area contributed by atoms with Gasteiger partial charge in [0, 0.05) is 42.7 Å². The maximum atomic E-state index is 14.0. The van der Waals surface area contributed by atoms with Crippen molar-refractivity contribution >= 4 is 29.3 Å². The molecule has 3 heterocycles. The molecule has 0 spiro atoms. The first kappa shape index (κ1) is 28.5. The van der Waals surface area contributed by atoms with Crippen molar-refractivity contribution in [3.63, 3.8) is 0 Å². The lowest BCUT2D eigenvalue weighted by Crippen LogP contribution is -2.52. The largest absolute Gasteiger partial charge is 0.478 e. The molecule has 5 aliphatic rings. The van der Waals surface area contributed by atoms with Crippen molar-refractivity contribution in [3.05, 3.63) is 81.1 Å². The first-order chi connectivity index (χ1) is 20.8. The third kappa shape index (κ3) is 5.06. The minimum Gasteiger partial charge on any atom is -0.478 e. The number of aromatic nitrogens is 2. The molecular weight excluding hydrogens is 556 g/mol. The molecule has 2 saturated carbocycles. The molecule has 7 nitrogen and oxygen atoms in total. The SMILES string of the molecule is CC1C2C=C(C(=O)NC3(c4nc5c(n4C)C=C(/C=C/C(=O)O)CC5)CCC3)C=CC2N(C2CCCCC2)C1c1ccsc1. The molecule has 43 heavy (non-hydrogen) atoms. The van der Waals surface area contributed by atoms with Crippen LogP contribution in [0.4, 0.5) is 0 Å². The number of carbonyl (C=O) groups is 2. The zero-order chi connectivity index (χ0) is 29.7. The lowest BCUT2D eigenvalue weighted by Gasteiger charge is -2.42. The number of fused-ring (bicyclic) bond motifs is 2. The number of carboxylic acids is 1. The maximum absolute atomic E-state index is 14.0. The molecule has 1 saturated heterocycles. The number of aryl methyl sites for hydroxylation is 1. The van der Waals surface area contributed by atoms with E-state index < -0.39 is 11.5 Å². The van der Waals surface area contributed by atoms with Crippen molar-refractivity contribution in [2.75, 3.05) is 0 Å². The smallest absolute Gasteiger partial charge is 0.328 e. The van der Waals surface area contributed by atoms with Crippen LogP contribution in [0.1, 0.15) is 93.5 Å². The summed E-state index contributed by atoms with van der Waals surface area (Å²) in [6, 6.07) is 3.61. The quantitative estimate of drug-likeness (QED) is 0.358. The molecule has 0 radical (unpaired) electrons. The van der Waals surface area contributed by atoms with Crippen LogP contribution in [0.3, 0.4) is 0 Å². The number of hydrogen-bond acceptors (Lipinski definition) is 5. The Labute approximate surface area is 258 Å². The molecular formula is C35H42N4O3S. The number of imidazole rings is 1. The summed E-state index contributed by atoms with van der Waals surface area (Å²) in [5, 5.41) is 17.0. The highest BCUT2D eigenvalue weighted by Crippen LogP contribution is 2.51. The second kappa shape index (κ2) is 11.4. The summed E-state index contributed by atoms with van der Waals surface area (Å²) < 4.78 is 2.11. The Bertz CT molecular complexity index is 1520. The summed E-state index contributed by atoms with van der Waals surface area (Å²) in [4.78, 5) is 32.9. The third-order valence-electron chi connectivity index (χ3n) is 10.8. The number of carboxylic acid groups (broad SMARTS) is 1. The van der Waals surface area contributed by atoms with E-state index in [9.17, 15) is 9.59 Å². The van der Waals surface area contributed by atoms with Gasteiger partial charge in [-0.3, -0.25) is 9.69 Å². The lowest BCUT2D eigenvalue weighted by atomic mass is 9.75. The van der Waals surface area contributed by atoms with Crippen molar-refractivity contribution in [2.24, 2.45) is 18.9 Å². The van der Waals surface area contributed by atoms with E-state index in [1.54, 1.807) is 17.4 Å². The minimum absolute atomic E-state index is 0.00797. The van der Waals surface area contributed by atoms with E-state index in [1.807, 2.05) is 13.1 Å². The van der Waals surface area contributed by atoms with Crippen molar-refractivity contribution in [3.8, 4) is 0 Å². The number of rotatable bonds is 7. The number of amides is 1. The van der Waals surface area contributed by atoms with Gasteiger partial charge in [0.2, 0.25) is 0 Å². The summed E-state index contributed by atoms with van der Waals surface area (Å²) in [5.74, 6) is 0.681. The van der Waals surface area contributed by atoms with Crippen LogP contribution in [-0.2, 0) is 28.6 Å². The molecule has 4 atom stereocenters. The van der Waals surface area contributed by atoms with Crippen molar-refractivity contribution in [1.29, 1.82) is 0 Å². The van der Waals surface area contributed by atoms with Crippen molar-refractivity contribution in [2.45, 2.75) is 94.8 Å². The van der Waals surface area contributed by atoms with Gasteiger partial charge in [-0.2, -0.15) is 11.3 Å². The molecule has 2 aromatic heterocycles. The first-order valence-electron chi connectivity index (χ1n) is 16.0. The van der Waals surface area contributed by atoms with Crippen molar-refractivity contribution < 1.29 is 14.7 Å². The highest BCUT2D eigenvalue weighted by atomic mass is 32.1. The Balaban J connectivity index is 1.14. The molecule has 226 valence electrons. The monoisotopic (exact) mass is 598 g/mol. The van der Waals surface area contributed by atoms with Crippen LogP contribution in [0.15, 0.2) is 58.4 Å². The van der Waals surface area contributed by atoms with Gasteiger partial charge in [0.05, 0.1) is 16.9 Å². The normalized spacial score (nSPS) is 28.6. The van der Waals surface area contributed by atoms with Crippen LogP contribution in [0.25, 0.3) is 6.08 Å². The highest BCUT2D eigenvalue weighted by Gasteiger charge is 2.50. The summed E-state index contributed by atoms with van der Waals surface area (Å²) in [5.41, 5.74) is 4.73. The lowest BCUT2D eigenvalue weighted by molar-refractivity contribution is -0.131. The van der Waals surface area contributed by atoms with E-state index in [0.29, 0.717) is 30.0 Å². The fourth-order valence-electron chi connectivity index (χ4n) is 8.45. The predicted molar refractivity (Wildman–Crippen MR) is 169 cm³/mol. The number of aliphatic carboxylic acids is 1. The van der Waals surface area contributed by atoms with Crippen LogP contribution in [0.5, 0.6) is 0 Å². The fraction of sp³-hybridized carbons (Fsp3) is 0.514. The van der Waals surface area contributed by atoms with E-state index in [4.69, 9.17) is 10.1 Å². The second-order valence-electron chi connectivity index (χ2n) is 13.3. The number of nitrogens with zero attached hydrogens (tertiary/aromatic N) is 3. The van der Waals surface area contributed by atoms with Gasteiger partial charge in [0.25, 0.3) is 5.91 Å². The summed E-state index contributed by atoms with van der Waals surface area (Å²) in [6.45, 7) is 2.38. The van der Waals surface area contributed by atoms with Gasteiger partial charge in [0.1, 0.15) is 5.82 Å². The molecule has 4 unspecified atom stereocenters. The van der Waals surface area contributed by atoms with Crippen LogP contribution >= 0.6 is 11.3 Å². The van der Waals surface area contributed by atoms with Crippen LogP contribution in [-0.4, -0.2) is 43.5 Å². The first-order valence-corrected chi connectivity index (χ1v) is 17.0.